The lowest BCUT2D eigenvalue weighted by molar-refractivity contribution is -0.124. The molecule has 0 spiro atoms. The highest BCUT2D eigenvalue weighted by Crippen LogP contribution is 2.39. The SMILES string of the molecule is Cc1ccc(OCC(=O)NC2CC3C=CC2C3)c(C(C)(C)C)c1. The highest BCUT2D eigenvalue weighted by atomic mass is 16.5. The highest BCUT2D eigenvalue weighted by molar-refractivity contribution is 5.78. The van der Waals surface area contributed by atoms with Gasteiger partial charge in [-0.05, 0) is 48.6 Å². The minimum atomic E-state index is -0.0172. The van der Waals surface area contributed by atoms with Crippen molar-refractivity contribution in [2.24, 2.45) is 11.8 Å². The van der Waals surface area contributed by atoms with Gasteiger partial charge in [0.2, 0.25) is 0 Å². The molecule has 3 heteroatoms. The highest BCUT2D eigenvalue weighted by Gasteiger charge is 2.36. The number of carbonyl (C=O) groups excluding carboxylic acids is 1. The molecule has 124 valence electrons. The molecule has 1 aromatic carbocycles. The molecule has 0 aliphatic heterocycles. The van der Waals surface area contributed by atoms with E-state index < -0.39 is 0 Å². The monoisotopic (exact) mass is 313 g/mol. The largest absolute Gasteiger partial charge is 0.483 e. The lowest BCUT2D eigenvalue weighted by Crippen LogP contribution is -2.40. The minimum absolute atomic E-state index is 0.00672. The first kappa shape index (κ1) is 16.1. The predicted molar refractivity (Wildman–Crippen MR) is 92.7 cm³/mol. The molecular formula is C20H27NO2. The van der Waals surface area contributed by atoms with Crippen LogP contribution in [0.4, 0.5) is 0 Å². The summed E-state index contributed by atoms with van der Waals surface area (Å²) in [6.45, 7) is 8.65. The third-order valence-corrected chi connectivity index (χ3v) is 4.93. The second-order valence-electron chi connectivity index (χ2n) is 7.99. The summed E-state index contributed by atoms with van der Waals surface area (Å²) in [6.07, 6.45) is 6.80. The zero-order chi connectivity index (χ0) is 16.6. The fourth-order valence-electron chi connectivity index (χ4n) is 3.69. The van der Waals surface area contributed by atoms with E-state index in [9.17, 15) is 4.79 Å². The molecule has 2 aliphatic rings. The summed E-state index contributed by atoms with van der Waals surface area (Å²) in [6, 6.07) is 6.45. The van der Waals surface area contributed by atoms with Gasteiger partial charge in [0.1, 0.15) is 5.75 Å². The summed E-state index contributed by atoms with van der Waals surface area (Å²) in [5.41, 5.74) is 2.35. The Bertz CT molecular complexity index is 627. The lowest BCUT2D eigenvalue weighted by Gasteiger charge is -2.24. The van der Waals surface area contributed by atoms with E-state index in [1.54, 1.807) is 0 Å². The van der Waals surface area contributed by atoms with Crippen LogP contribution in [0.15, 0.2) is 30.4 Å². The van der Waals surface area contributed by atoms with Gasteiger partial charge in [-0.1, -0.05) is 50.6 Å². The molecular weight excluding hydrogens is 286 g/mol. The van der Waals surface area contributed by atoms with Gasteiger partial charge in [-0.3, -0.25) is 4.79 Å². The number of benzene rings is 1. The van der Waals surface area contributed by atoms with Crippen LogP contribution in [-0.4, -0.2) is 18.6 Å². The van der Waals surface area contributed by atoms with Gasteiger partial charge in [-0.25, -0.2) is 0 Å². The van der Waals surface area contributed by atoms with E-state index in [1.165, 1.54) is 12.0 Å². The maximum atomic E-state index is 12.2. The minimum Gasteiger partial charge on any atom is -0.483 e. The number of fused-ring (bicyclic) bond motifs is 2. The molecule has 3 nitrogen and oxygen atoms in total. The molecule has 3 atom stereocenters. The van der Waals surface area contributed by atoms with Crippen LogP contribution in [0.2, 0.25) is 0 Å². The second kappa shape index (κ2) is 6.03. The van der Waals surface area contributed by atoms with Crippen LogP contribution in [0.3, 0.4) is 0 Å². The third kappa shape index (κ3) is 3.60. The van der Waals surface area contributed by atoms with Crippen LogP contribution in [0.1, 0.15) is 44.7 Å². The first-order valence-corrected chi connectivity index (χ1v) is 8.54. The molecule has 1 saturated carbocycles. The van der Waals surface area contributed by atoms with Gasteiger partial charge in [0.05, 0.1) is 0 Å². The molecule has 2 aliphatic carbocycles. The number of rotatable bonds is 4. The fourth-order valence-corrected chi connectivity index (χ4v) is 3.69. The topological polar surface area (TPSA) is 38.3 Å². The molecule has 1 fully saturated rings. The standard InChI is InChI=1S/C20H27NO2/c1-13-5-8-18(16(9-13)20(2,3)4)23-12-19(22)21-17-11-14-6-7-15(17)10-14/h5-9,14-15,17H,10-12H2,1-4H3,(H,21,22). The molecule has 1 N–H and O–H groups in total. The Kier molecular flexibility index (Phi) is 4.22. The van der Waals surface area contributed by atoms with E-state index >= 15 is 0 Å². The van der Waals surface area contributed by atoms with Gasteiger partial charge < -0.3 is 10.1 Å². The Labute approximate surface area is 139 Å². The van der Waals surface area contributed by atoms with Crippen LogP contribution in [-0.2, 0) is 10.2 Å². The number of ether oxygens (including phenoxy) is 1. The first-order chi connectivity index (χ1) is 10.8. The van der Waals surface area contributed by atoms with Crippen molar-refractivity contribution in [3.05, 3.63) is 41.5 Å². The third-order valence-electron chi connectivity index (χ3n) is 4.93. The van der Waals surface area contributed by atoms with Crippen molar-refractivity contribution in [1.29, 1.82) is 0 Å². The number of carbonyl (C=O) groups is 1. The first-order valence-electron chi connectivity index (χ1n) is 8.54. The Hall–Kier alpha value is -1.77. The molecule has 0 heterocycles. The van der Waals surface area contributed by atoms with E-state index in [-0.39, 0.29) is 17.9 Å². The zero-order valence-electron chi connectivity index (χ0n) is 14.6. The van der Waals surface area contributed by atoms with Crippen LogP contribution in [0, 0.1) is 18.8 Å². The van der Waals surface area contributed by atoms with Crippen molar-refractivity contribution in [2.45, 2.75) is 52.0 Å². The number of aryl methyl sites for hydroxylation is 1. The molecule has 2 bridgehead atoms. The van der Waals surface area contributed by atoms with Crippen LogP contribution in [0.25, 0.3) is 0 Å². The normalized spacial score (nSPS) is 25.7. The Morgan fingerprint density at radius 2 is 2.04 bits per heavy atom. The summed E-state index contributed by atoms with van der Waals surface area (Å²) in [4.78, 5) is 12.2. The van der Waals surface area contributed by atoms with Crippen molar-refractivity contribution in [2.75, 3.05) is 6.61 Å². The smallest absolute Gasteiger partial charge is 0.258 e. The summed E-state index contributed by atoms with van der Waals surface area (Å²) < 4.78 is 5.84. The molecule has 0 saturated heterocycles. The predicted octanol–water partition coefficient (Wildman–Crippen LogP) is 3.75. The van der Waals surface area contributed by atoms with Gasteiger partial charge in [0.25, 0.3) is 5.91 Å². The molecule has 23 heavy (non-hydrogen) atoms. The number of allylic oxidation sites excluding steroid dienone is 1. The van der Waals surface area contributed by atoms with E-state index in [1.807, 2.05) is 12.1 Å². The number of hydrogen-bond donors (Lipinski definition) is 1. The van der Waals surface area contributed by atoms with E-state index in [4.69, 9.17) is 4.74 Å². The molecule has 0 aromatic heterocycles. The van der Waals surface area contributed by atoms with Gasteiger partial charge >= 0.3 is 0 Å². The molecule has 3 rings (SSSR count). The number of hydrogen-bond acceptors (Lipinski definition) is 2. The van der Waals surface area contributed by atoms with E-state index in [0.29, 0.717) is 17.9 Å². The molecule has 0 radical (unpaired) electrons. The van der Waals surface area contributed by atoms with Crippen molar-refractivity contribution >= 4 is 5.91 Å². The second-order valence-corrected chi connectivity index (χ2v) is 7.99. The van der Waals surface area contributed by atoms with E-state index in [2.05, 4.69) is 51.2 Å². The van der Waals surface area contributed by atoms with Gasteiger partial charge in [-0.15, -0.1) is 0 Å². The zero-order valence-corrected chi connectivity index (χ0v) is 14.6. The quantitative estimate of drug-likeness (QED) is 0.860. The molecule has 3 unspecified atom stereocenters. The summed E-state index contributed by atoms with van der Waals surface area (Å²) >= 11 is 0. The maximum Gasteiger partial charge on any atom is 0.258 e. The summed E-state index contributed by atoms with van der Waals surface area (Å²) in [5, 5.41) is 3.13. The summed E-state index contributed by atoms with van der Waals surface area (Å²) in [5.74, 6) is 1.98. The van der Waals surface area contributed by atoms with Crippen LogP contribution >= 0.6 is 0 Å². The Morgan fingerprint density at radius 1 is 1.26 bits per heavy atom. The van der Waals surface area contributed by atoms with Gasteiger partial charge in [0.15, 0.2) is 6.61 Å². The Balaban J connectivity index is 1.60. The number of nitrogens with one attached hydrogen (secondary N) is 1. The van der Waals surface area contributed by atoms with Gasteiger partial charge in [-0.2, -0.15) is 0 Å². The molecule has 1 aromatic rings. The van der Waals surface area contributed by atoms with Crippen molar-refractivity contribution in [1.82, 2.24) is 5.32 Å². The van der Waals surface area contributed by atoms with Crippen molar-refractivity contribution in [3.8, 4) is 5.75 Å². The van der Waals surface area contributed by atoms with Gasteiger partial charge in [0, 0.05) is 6.04 Å². The molecule has 1 amide bonds. The average molecular weight is 313 g/mol. The van der Waals surface area contributed by atoms with Crippen LogP contribution in [0.5, 0.6) is 5.75 Å². The average Bonchev–Trinajstić information content (AvgIpc) is 3.07. The Morgan fingerprint density at radius 3 is 2.65 bits per heavy atom. The number of amides is 1. The van der Waals surface area contributed by atoms with Crippen molar-refractivity contribution in [3.63, 3.8) is 0 Å². The van der Waals surface area contributed by atoms with E-state index in [0.717, 1.165) is 17.7 Å². The maximum absolute atomic E-state index is 12.2. The van der Waals surface area contributed by atoms with Crippen LogP contribution < -0.4 is 10.1 Å². The summed E-state index contributed by atoms with van der Waals surface area (Å²) in [7, 11) is 0. The fraction of sp³-hybridized carbons (Fsp3) is 0.550. The lowest BCUT2D eigenvalue weighted by atomic mass is 9.85. The van der Waals surface area contributed by atoms with Crippen molar-refractivity contribution < 1.29 is 9.53 Å².